The summed E-state index contributed by atoms with van der Waals surface area (Å²) in [6.45, 7) is 18.0. The SMILES string of the molecule is C=C(C)CN1CCC(NC(=NCCCCC(C)C)NCC)CC1.I. The first-order valence-electron chi connectivity index (χ1n) is 9.42. The highest BCUT2D eigenvalue weighted by molar-refractivity contribution is 14.0. The van der Waals surface area contributed by atoms with E-state index in [9.17, 15) is 0 Å². The molecular weight excluding hydrogens is 411 g/mol. The maximum Gasteiger partial charge on any atom is 0.191 e. The summed E-state index contributed by atoms with van der Waals surface area (Å²) in [4.78, 5) is 7.24. The molecule has 1 fully saturated rings. The number of halogens is 1. The zero-order valence-corrected chi connectivity index (χ0v) is 18.6. The van der Waals surface area contributed by atoms with Crippen LogP contribution in [0.5, 0.6) is 0 Å². The van der Waals surface area contributed by atoms with Gasteiger partial charge in [-0.25, -0.2) is 0 Å². The van der Waals surface area contributed by atoms with Gasteiger partial charge in [-0.05, 0) is 39.0 Å². The molecule has 0 aromatic heterocycles. The van der Waals surface area contributed by atoms with E-state index in [1.165, 1.54) is 37.7 Å². The number of nitrogens with zero attached hydrogens (tertiary/aromatic N) is 2. The molecule has 0 bridgehead atoms. The fourth-order valence-electron chi connectivity index (χ4n) is 2.99. The number of guanidine groups is 1. The summed E-state index contributed by atoms with van der Waals surface area (Å²) < 4.78 is 0. The van der Waals surface area contributed by atoms with Crippen LogP contribution in [0.2, 0.25) is 0 Å². The van der Waals surface area contributed by atoms with Crippen molar-refractivity contribution in [1.82, 2.24) is 15.5 Å². The number of hydrogen-bond donors (Lipinski definition) is 2. The summed E-state index contributed by atoms with van der Waals surface area (Å²) in [7, 11) is 0. The lowest BCUT2D eigenvalue weighted by Crippen LogP contribution is -2.48. The normalized spacial score (nSPS) is 16.8. The molecule has 1 aliphatic rings. The summed E-state index contributed by atoms with van der Waals surface area (Å²) >= 11 is 0. The van der Waals surface area contributed by atoms with Gasteiger partial charge >= 0.3 is 0 Å². The van der Waals surface area contributed by atoms with Gasteiger partial charge in [0.15, 0.2) is 5.96 Å². The Hall–Kier alpha value is -0.300. The molecule has 0 unspecified atom stereocenters. The van der Waals surface area contributed by atoms with Gasteiger partial charge in [-0.1, -0.05) is 38.8 Å². The van der Waals surface area contributed by atoms with Crippen LogP contribution in [0.3, 0.4) is 0 Å². The minimum atomic E-state index is 0. The minimum Gasteiger partial charge on any atom is -0.357 e. The van der Waals surface area contributed by atoms with Gasteiger partial charge in [0.1, 0.15) is 0 Å². The van der Waals surface area contributed by atoms with E-state index in [1.807, 2.05) is 0 Å². The van der Waals surface area contributed by atoms with Crippen molar-refractivity contribution in [3.63, 3.8) is 0 Å². The molecule has 0 amide bonds. The number of likely N-dealkylation sites (tertiary alicyclic amines) is 1. The Morgan fingerprint density at radius 1 is 1.25 bits per heavy atom. The molecule has 2 N–H and O–H groups in total. The largest absolute Gasteiger partial charge is 0.357 e. The van der Waals surface area contributed by atoms with Gasteiger partial charge in [-0.15, -0.1) is 24.0 Å². The number of hydrogen-bond acceptors (Lipinski definition) is 2. The van der Waals surface area contributed by atoms with Gasteiger partial charge in [-0.3, -0.25) is 9.89 Å². The van der Waals surface area contributed by atoms with Crippen LogP contribution in [-0.4, -0.2) is 49.6 Å². The van der Waals surface area contributed by atoms with Crippen molar-refractivity contribution in [2.75, 3.05) is 32.7 Å². The van der Waals surface area contributed by atoms with E-state index in [2.05, 4.69) is 49.8 Å². The van der Waals surface area contributed by atoms with Gasteiger partial charge in [-0.2, -0.15) is 0 Å². The van der Waals surface area contributed by atoms with Crippen LogP contribution in [0.4, 0.5) is 0 Å². The number of aliphatic imine (C=N–C) groups is 1. The Morgan fingerprint density at radius 3 is 2.46 bits per heavy atom. The van der Waals surface area contributed by atoms with E-state index < -0.39 is 0 Å². The van der Waals surface area contributed by atoms with Crippen LogP contribution in [-0.2, 0) is 0 Å². The molecule has 0 atom stereocenters. The molecular formula is C19H39IN4. The topological polar surface area (TPSA) is 39.7 Å². The second kappa shape index (κ2) is 13.9. The van der Waals surface area contributed by atoms with Gasteiger partial charge in [0.2, 0.25) is 0 Å². The lowest BCUT2D eigenvalue weighted by Gasteiger charge is -2.33. The summed E-state index contributed by atoms with van der Waals surface area (Å²) in [6.07, 6.45) is 6.14. The van der Waals surface area contributed by atoms with E-state index in [0.29, 0.717) is 6.04 Å². The molecule has 0 radical (unpaired) electrons. The van der Waals surface area contributed by atoms with Crippen molar-refractivity contribution >= 4 is 29.9 Å². The molecule has 4 nitrogen and oxygen atoms in total. The van der Waals surface area contributed by atoms with Gasteiger partial charge in [0.25, 0.3) is 0 Å². The number of unbranched alkanes of at least 4 members (excludes halogenated alkanes) is 1. The van der Waals surface area contributed by atoms with Gasteiger partial charge < -0.3 is 10.6 Å². The maximum atomic E-state index is 4.74. The Kier molecular flexibility index (Phi) is 13.8. The molecule has 1 saturated heterocycles. The predicted octanol–water partition coefficient (Wildman–Crippen LogP) is 4.03. The standard InChI is InChI=1S/C19H38N4.HI/c1-6-20-19(21-12-8-7-9-16(2)3)22-18-10-13-23(14-11-18)15-17(4)5;/h16,18H,4,6-15H2,1-3,5H3,(H2,20,21,22);1H. The van der Waals surface area contributed by atoms with E-state index >= 15 is 0 Å². The highest BCUT2D eigenvalue weighted by Crippen LogP contribution is 2.11. The fourth-order valence-corrected chi connectivity index (χ4v) is 2.99. The third kappa shape index (κ3) is 11.3. The van der Waals surface area contributed by atoms with E-state index in [0.717, 1.165) is 44.6 Å². The molecule has 0 aliphatic carbocycles. The summed E-state index contributed by atoms with van der Waals surface area (Å²) in [6, 6.07) is 0.546. The Balaban J connectivity index is 0.00000529. The molecule has 0 spiro atoms. The van der Waals surface area contributed by atoms with Gasteiger partial charge in [0.05, 0.1) is 0 Å². The zero-order chi connectivity index (χ0) is 17.1. The third-order valence-corrected chi connectivity index (χ3v) is 4.23. The quantitative estimate of drug-likeness (QED) is 0.183. The average molecular weight is 450 g/mol. The lowest BCUT2D eigenvalue weighted by atomic mass is 10.0. The van der Waals surface area contributed by atoms with Crippen molar-refractivity contribution in [3.05, 3.63) is 12.2 Å². The first-order valence-corrected chi connectivity index (χ1v) is 9.42. The molecule has 24 heavy (non-hydrogen) atoms. The first-order chi connectivity index (χ1) is 11.0. The summed E-state index contributed by atoms with van der Waals surface area (Å²) in [5.74, 6) is 1.80. The van der Waals surface area contributed by atoms with Crippen LogP contribution in [0.25, 0.3) is 0 Å². The zero-order valence-electron chi connectivity index (χ0n) is 16.2. The molecule has 1 rings (SSSR count). The fraction of sp³-hybridized carbons (Fsp3) is 0.842. The van der Waals surface area contributed by atoms with Crippen molar-refractivity contribution in [3.8, 4) is 0 Å². The second-order valence-electron chi connectivity index (χ2n) is 7.30. The van der Waals surface area contributed by atoms with Gasteiger partial charge in [0, 0.05) is 38.8 Å². The molecule has 142 valence electrons. The average Bonchev–Trinajstić information content (AvgIpc) is 2.48. The van der Waals surface area contributed by atoms with E-state index in [1.54, 1.807) is 0 Å². The molecule has 0 saturated carbocycles. The van der Waals surface area contributed by atoms with E-state index in [4.69, 9.17) is 4.99 Å². The second-order valence-corrected chi connectivity index (χ2v) is 7.30. The van der Waals surface area contributed by atoms with Crippen molar-refractivity contribution in [1.29, 1.82) is 0 Å². The summed E-state index contributed by atoms with van der Waals surface area (Å²) in [5, 5.41) is 7.00. The number of rotatable bonds is 9. The Labute approximate surface area is 167 Å². The highest BCUT2D eigenvalue weighted by Gasteiger charge is 2.19. The molecule has 0 aromatic carbocycles. The Bertz CT molecular complexity index is 360. The molecule has 1 aliphatic heterocycles. The Morgan fingerprint density at radius 2 is 1.92 bits per heavy atom. The van der Waals surface area contributed by atoms with Crippen molar-refractivity contribution < 1.29 is 0 Å². The number of nitrogens with one attached hydrogen (secondary N) is 2. The van der Waals surface area contributed by atoms with Crippen LogP contribution in [0.1, 0.15) is 59.8 Å². The van der Waals surface area contributed by atoms with Crippen LogP contribution < -0.4 is 10.6 Å². The minimum absolute atomic E-state index is 0. The smallest absolute Gasteiger partial charge is 0.191 e. The van der Waals surface area contributed by atoms with E-state index in [-0.39, 0.29) is 24.0 Å². The molecule has 5 heteroatoms. The molecule has 0 aromatic rings. The maximum absolute atomic E-state index is 4.74. The third-order valence-electron chi connectivity index (χ3n) is 4.23. The predicted molar refractivity (Wildman–Crippen MR) is 117 cm³/mol. The number of piperidine rings is 1. The van der Waals surface area contributed by atoms with Crippen LogP contribution in [0, 0.1) is 5.92 Å². The van der Waals surface area contributed by atoms with Crippen molar-refractivity contribution in [2.45, 2.75) is 65.8 Å². The summed E-state index contributed by atoms with van der Waals surface area (Å²) in [5.41, 5.74) is 1.26. The highest BCUT2D eigenvalue weighted by atomic mass is 127. The monoisotopic (exact) mass is 450 g/mol. The first kappa shape index (κ1) is 23.7. The molecule has 1 heterocycles. The lowest BCUT2D eigenvalue weighted by molar-refractivity contribution is 0.221. The van der Waals surface area contributed by atoms with Crippen molar-refractivity contribution in [2.24, 2.45) is 10.9 Å². The van der Waals surface area contributed by atoms with Crippen LogP contribution >= 0.6 is 24.0 Å². The van der Waals surface area contributed by atoms with Crippen LogP contribution in [0.15, 0.2) is 17.1 Å².